The van der Waals surface area contributed by atoms with Crippen molar-refractivity contribution in [3.8, 4) is 0 Å². The molecule has 140 valence electrons. The first kappa shape index (κ1) is 18.6. The number of rotatable bonds is 4. The van der Waals surface area contributed by atoms with Gasteiger partial charge < -0.3 is 0 Å². The summed E-state index contributed by atoms with van der Waals surface area (Å²) < 4.78 is 0. The molecule has 2 aliphatic carbocycles. The average Bonchev–Trinajstić information content (AvgIpc) is 2.67. The van der Waals surface area contributed by atoms with Crippen molar-refractivity contribution >= 4 is 23.0 Å². The van der Waals surface area contributed by atoms with Crippen LogP contribution in [-0.4, -0.2) is 17.3 Å². The van der Waals surface area contributed by atoms with E-state index < -0.39 is 0 Å². The molecule has 0 radical (unpaired) electrons. The topological polar surface area (TPSA) is 65.8 Å². The number of carbonyl (C=O) groups excluding carboxylic acids is 1. The minimum Gasteiger partial charge on any atom is -0.279 e. The fourth-order valence-electron chi connectivity index (χ4n) is 3.69. The van der Waals surface area contributed by atoms with Crippen LogP contribution < -0.4 is 10.9 Å². The fraction of sp³-hybridized carbons (Fsp3) is 0.571. The van der Waals surface area contributed by atoms with E-state index in [0.717, 1.165) is 30.7 Å². The lowest BCUT2D eigenvalue weighted by Gasteiger charge is -2.20. The number of nitrogens with zero attached hydrogens (tertiary/aromatic N) is 2. The summed E-state index contributed by atoms with van der Waals surface area (Å²) in [5, 5.41) is 8.91. The third kappa shape index (κ3) is 4.93. The van der Waals surface area contributed by atoms with Crippen LogP contribution >= 0.6 is 0 Å². The van der Waals surface area contributed by atoms with Gasteiger partial charge in [0, 0.05) is 17.0 Å². The Kier molecular flexibility index (Phi) is 6.42. The van der Waals surface area contributed by atoms with Gasteiger partial charge in [-0.3, -0.25) is 10.2 Å². The fourth-order valence-corrected chi connectivity index (χ4v) is 3.69. The molecule has 5 heteroatoms. The first-order valence-electron chi connectivity index (χ1n) is 9.93. The zero-order chi connectivity index (χ0) is 18.4. The standard InChI is InChI=1S/C21H30N4O/c1-15-7-3-5-9-19(15)23-22-18-13-11-17(12-14-18)21(26)25-24-20-10-6-4-8-16(20)2/h11-16,22H,3-10H2,1-2H3,(H,25,26)/b23-19?,24-20-/t15-,16+/m0/s1. The zero-order valence-corrected chi connectivity index (χ0v) is 15.9. The highest BCUT2D eigenvalue weighted by Gasteiger charge is 2.17. The molecule has 3 rings (SSSR count). The summed E-state index contributed by atoms with van der Waals surface area (Å²) in [4.78, 5) is 12.3. The number of anilines is 1. The lowest BCUT2D eigenvalue weighted by Crippen LogP contribution is -2.24. The Balaban J connectivity index is 1.56. The molecule has 1 aromatic rings. The summed E-state index contributed by atoms with van der Waals surface area (Å²) in [6.45, 7) is 4.42. The highest BCUT2D eigenvalue weighted by Crippen LogP contribution is 2.22. The van der Waals surface area contributed by atoms with Gasteiger partial charge in [0.15, 0.2) is 0 Å². The van der Waals surface area contributed by atoms with E-state index >= 15 is 0 Å². The van der Waals surface area contributed by atoms with E-state index in [4.69, 9.17) is 0 Å². The highest BCUT2D eigenvalue weighted by atomic mass is 16.2. The molecule has 26 heavy (non-hydrogen) atoms. The smallest absolute Gasteiger partial charge is 0.271 e. The van der Waals surface area contributed by atoms with E-state index in [2.05, 4.69) is 34.9 Å². The van der Waals surface area contributed by atoms with Gasteiger partial charge in [-0.2, -0.15) is 10.2 Å². The van der Waals surface area contributed by atoms with Crippen molar-refractivity contribution in [3.63, 3.8) is 0 Å². The zero-order valence-electron chi connectivity index (χ0n) is 15.9. The molecular weight excluding hydrogens is 324 g/mol. The highest BCUT2D eigenvalue weighted by molar-refractivity contribution is 5.96. The second-order valence-corrected chi connectivity index (χ2v) is 7.63. The Morgan fingerprint density at radius 1 is 0.885 bits per heavy atom. The van der Waals surface area contributed by atoms with Gasteiger partial charge >= 0.3 is 0 Å². The molecule has 0 aliphatic heterocycles. The first-order valence-corrected chi connectivity index (χ1v) is 9.93. The van der Waals surface area contributed by atoms with Crippen molar-refractivity contribution in [1.29, 1.82) is 0 Å². The van der Waals surface area contributed by atoms with E-state index in [1.807, 2.05) is 24.3 Å². The minimum atomic E-state index is -0.158. The van der Waals surface area contributed by atoms with Crippen LogP contribution in [-0.2, 0) is 0 Å². The molecule has 0 aromatic heterocycles. The van der Waals surface area contributed by atoms with Crippen LogP contribution in [0.1, 0.15) is 75.6 Å². The van der Waals surface area contributed by atoms with Crippen molar-refractivity contribution < 1.29 is 4.79 Å². The Morgan fingerprint density at radius 2 is 1.46 bits per heavy atom. The summed E-state index contributed by atoms with van der Waals surface area (Å²) in [6.07, 6.45) is 9.40. The number of benzene rings is 1. The van der Waals surface area contributed by atoms with Crippen LogP contribution in [0.3, 0.4) is 0 Å². The van der Waals surface area contributed by atoms with Crippen molar-refractivity contribution in [2.75, 3.05) is 5.43 Å². The van der Waals surface area contributed by atoms with E-state index in [9.17, 15) is 4.79 Å². The molecule has 0 saturated heterocycles. The van der Waals surface area contributed by atoms with Gasteiger partial charge in [-0.1, -0.05) is 26.7 Å². The Hall–Kier alpha value is -2.17. The van der Waals surface area contributed by atoms with Crippen LogP contribution in [0, 0.1) is 11.8 Å². The predicted octanol–water partition coefficient (Wildman–Crippen LogP) is 4.96. The van der Waals surface area contributed by atoms with Gasteiger partial charge in [0.25, 0.3) is 5.91 Å². The van der Waals surface area contributed by atoms with E-state index in [1.54, 1.807) is 0 Å². The molecule has 0 heterocycles. The summed E-state index contributed by atoms with van der Waals surface area (Å²) >= 11 is 0. The maximum absolute atomic E-state index is 12.3. The Morgan fingerprint density at radius 3 is 2.04 bits per heavy atom. The molecule has 1 amide bonds. The predicted molar refractivity (Wildman–Crippen MR) is 108 cm³/mol. The summed E-state index contributed by atoms with van der Waals surface area (Å²) in [6, 6.07) is 7.41. The van der Waals surface area contributed by atoms with Crippen LogP contribution in [0.25, 0.3) is 0 Å². The van der Waals surface area contributed by atoms with Crippen molar-refractivity contribution in [1.82, 2.24) is 5.43 Å². The molecule has 2 N–H and O–H groups in total. The van der Waals surface area contributed by atoms with E-state index in [1.165, 1.54) is 37.8 Å². The number of carbonyl (C=O) groups is 1. The van der Waals surface area contributed by atoms with Gasteiger partial charge in [-0.25, -0.2) is 5.43 Å². The number of hydrogen-bond donors (Lipinski definition) is 2. The van der Waals surface area contributed by atoms with E-state index in [-0.39, 0.29) is 5.91 Å². The lowest BCUT2D eigenvalue weighted by atomic mass is 9.89. The van der Waals surface area contributed by atoms with Crippen LogP contribution in [0.5, 0.6) is 0 Å². The summed E-state index contributed by atoms with van der Waals surface area (Å²) in [7, 11) is 0. The van der Waals surface area contributed by atoms with Gasteiger partial charge in [0.05, 0.1) is 5.69 Å². The number of nitrogens with one attached hydrogen (secondary N) is 2. The largest absolute Gasteiger partial charge is 0.279 e. The quantitative estimate of drug-likeness (QED) is 0.751. The normalized spacial score (nSPS) is 26.7. The third-order valence-corrected chi connectivity index (χ3v) is 5.55. The molecule has 2 saturated carbocycles. The monoisotopic (exact) mass is 354 g/mol. The number of amides is 1. The van der Waals surface area contributed by atoms with Gasteiger partial charge in [-0.15, -0.1) is 0 Å². The van der Waals surface area contributed by atoms with Gasteiger partial charge in [0.2, 0.25) is 0 Å². The molecule has 0 bridgehead atoms. The Labute approximate surface area is 156 Å². The molecule has 2 atom stereocenters. The summed E-state index contributed by atoms with van der Waals surface area (Å²) in [5.74, 6) is 0.869. The van der Waals surface area contributed by atoms with Crippen LogP contribution in [0.2, 0.25) is 0 Å². The average molecular weight is 354 g/mol. The second-order valence-electron chi connectivity index (χ2n) is 7.63. The second kappa shape index (κ2) is 8.97. The summed E-state index contributed by atoms with van der Waals surface area (Å²) in [5.41, 5.74) is 9.71. The van der Waals surface area contributed by atoms with Crippen molar-refractivity contribution in [2.24, 2.45) is 22.0 Å². The molecule has 0 unspecified atom stereocenters. The Bertz CT molecular complexity index is 678. The molecule has 2 fully saturated rings. The molecule has 0 spiro atoms. The maximum atomic E-state index is 12.3. The van der Waals surface area contributed by atoms with E-state index in [0.29, 0.717) is 17.4 Å². The van der Waals surface area contributed by atoms with Gasteiger partial charge in [0.1, 0.15) is 0 Å². The lowest BCUT2D eigenvalue weighted by molar-refractivity contribution is 0.0954. The molecule has 2 aliphatic rings. The molecular formula is C21H30N4O. The number of hydrogen-bond acceptors (Lipinski definition) is 4. The van der Waals surface area contributed by atoms with Crippen LogP contribution in [0.15, 0.2) is 34.5 Å². The first-order chi connectivity index (χ1) is 12.6. The third-order valence-electron chi connectivity index (χ3n) is 5.55. The maximum Gasteiger partial charge on any atom is 0.271 e. The van der Waals surface area contributed by atoms with Crippen LogP contribution in [0.4, 0.5) is 5.69 Å². The number of hydrazone groups is 2. The van der Waals surface area contributed by atoms with Gasteiger partial charge in [-0.05, 0) is 74.6 Å². The van der Waals surface area contributed by atoms with Crippen molar-refractivity contribution in [3.05, 3.63) is 29.8 Å². The SMILES string of the molecule is C[C@@H]1CCCC/C1=N/NC(=O)c1ccc(NN=C2CCCC[C@@H]2C)cc1. The molecule has 5 nitrogen and oxygen atoms in total. The molecule has 1 aromatic carbocycles. The minimum absolute atomic E-state index is 0.158. The van der Waals surface area contributed by atoms with Crippen molar-refractivity contribution in [2.45, 2.75) is 65.2 Å².